The summed E-state index contributed by atoms with van der Waals surface area (Å²) < 4.78 is 0. The van der Waals surface area contributed by atoms with Crippen molar-refractivity contribution in [3.63, 3.8) is 0 Å². The van der Waals surface area contributed by atoms with Gasteiger partial charge in [-0.1, -0.05) is 264 Å². The molecule has 0 aliphatic carbocycles. The summed E-state index contributed by atoms with van der Waals surface area (Å²) in [5.74, 6) is 0. The second-order valence-corrected chi connectivity index (χ2v) is 22.9. The van der Waals surface area contributed by atoms with Gasteiger partial charge < -0.3 is 9.80 Å². The number of pyridine rings is 2. The molecule has 2 aliphatic rings. The number of hydrogen-bond donors (Lipinski definition) is 0. The number of allylic oxidation sites excluding steroid dienone is 4. The van der Waals surface area contributed by atoms with Gasteiger partial charge in [0.05, 0.1) is 45.5 Å². The highest BCUT2D eigenvalue weighted by molar-refractivity contribution is 7.00. The molecule has 2 aliphatic heterocycles. The highest BCUT2D eigenvalue weighted by atomic mass is 15.2. The zero-order valence-electron chi connectivity index (χ0n) is 48.0. The average Bonchev–Trinajstić information content (AvgIpc) is 0.828. The molecule has 0 amide bonds. The molecule has 14 rings (SSSR count). The smallest absolute Gasteiger partial charge is 0.252 e. The SMILES string of the molecule is C=C/C=C(\C=C)c1ccccc1N1c2cc(C(C)(C)C)cc3c2B(c2cc(-c4ccccc4)cc(-c4cccc(-c5ccccc5)n4)c21)c1cc(-c2ccccc2)cc(-c2cccc(-c4ccccc4)n2)c1N3c1ccccc1-c1ccccc1. The molecule has 2 aromatic heterocycles. The minimum absolute atomic E-state index is 0.302. The standard InChI is InChI=1S/C80H61BN4/c1-6-29-54(7-2)63-40-23-25-46-73(63)84-75-52-62(80(3,4)5)53-76-77(75)81(67-50-60(55-30-13-8-14-31-55)48-65(78(67)84)71-44-27-42-69(82-71)58-36-19-11-20-37-58)68-51-61(56-32-15-9-16-33-56)49-66(72-45-28-43-70(83-72)59-38-21-12-22-39-59)79(68)85(76)74-47-26-24-41-64(74)57-34-17-10-18-35-57/h6-53H,1-2H2,3-5H3/b54-29+. The van der Waals surface area contributed by atoms with Gasteiger partial charge in [-0.25, -0.2) is 9.97 Å². The maximum Gasteiger partial charge on any atom is 0.252 e. The van der Waals surface area contributed by atoms with Crippen LogP contribution in [0.1, 0.15) is 31.9 Å². The molecule has 404 valence electrons. The van der Waals surface area contributed by atoms with Crippen LogP contribution in [-0.4, -0.2) is 16.7 Å². The molecule has 0 N–H and O–H groups in total. The van der Waals surface area contributed by atoms with Crippen LogP contribution < -0.4 is 26.2 Å². The Bertz CT molecular complexity index is 4550. The molecule has 12 aromatic rings. The first-order chi connectivity index (χ1) is 41.7. The minimum atomic E-state index is -0.324. The molecule has 0 saturated carbocycles. The quantitative estimate of drug-likeness (QED) is 0.0901. The summed E-state index contributed by atoms with van der Waals surface area (Å²) in [4.78, 5) is 16.5. The first kappa shape index (κ1) is 52.5. The molecular formula is C80H61BN4. The lowest BCUT2D eigenvalue weighted by Crippen LogP contribution is -2.62. The summed E-state index contributed by atoms with van der Waals surface area (Å²) in [6.07, 6.45) is 5.88. The van der Waals surface area contributed by atoms with E-state index in [-0.39, 0.29) is 12.1 Å². The van der Waals surface area contributed by atoms with Crippen molar-refractivity contribution in [2.75, 3.05) is 9.80 Å². The molecule has 0 saturated heterocycles. The highest BCUT2D eigenvalue weighted by Gasteiger charge is 2.47. The zero-order chi connectivity index (χ0) is 57.6. The van der Waals surface area contributed by atoms with Crippen LogP contribution in [0.5, 0.6) is 0 Å². The second kappa shape index (κ2) is 21.9. The third-order valence-corrected chi connectivity index (χ3v) is 16.7. The van der Waals surface area contributed by atoms with E-state index in [1.165, 1.54) is 11.0 Å². The monoisotopic (exact) mass is 1090 g/mol. The number of rotatable bonds is 12. The van der Waals surface area contributed by atoms with Gasteiger partial charge >= 0.3 is 0 Å². The fourth-order valence-corrected chi connectivity index (χ4v) is 12.7. The van der Waals surface area contributed by atoms with Gasteiger partial charge in [-0.3, -0.25) is 0 Å². The topological polar surface area (TPSA) is 32.3 Å². The van der Waals surface area contributed by atoms with Crippen LogP contribution in [0.3, 0.4) is 0 Å². The Morgan fingerprint density at radius 1 is 0.376 bits per heavy atom. The first-order valence-electron chi connectivity index (χ1n) is 29.2. The number of anilines is 6. The molecule has 0 fully saturated rings. The lowest BCUT2D eigenvalue weighted by Gasteiger charge is -2.47. The molecule has 5 heteroatoms. The van der Waals surface area contributed by atoms with Gasteiger partial charge in [-0.05, 0) is 121 Å². The van der Waals surface area contributed by atoms with Crippen molar-refractivity contribution in [3.05, 3.63) is 315 Å². The second-order valence-electron chi connectivity index (χ2n) is 22.9. The van der Waals surface area contributed by atoms with E-state index in [9.17, 15) is 0 Å². The van der Waals surface area contributed by atoms with E-state index < -0.39 is 0 Å². The Hall–Kier alpha value is -10.6. The van der Waals surface area contributed by atoms with E-state index in [0.717, 1.165) is 135 Å². The lowest BCUT2D eigenvalue weighted by molar-refractivity contribution is 0.590. The van der Waals surface area contributed by atoms with Crippen molar-refractivity contribution in [2.45, 2.75) is 26.2 Å². The number of para-hydroxylation sites is 2. The Morgan fingerprint density at radius 3 is 1.26 bits per heavy atom. The number of aromatic nitrogens is 2. The van der Waals surface area contributed by atoms with Crippen LogP contribution in [-0.2, 0) is 5.41 Å². The molecule has 0 radical (unpaired) electrons. The summed E-state index contributed by atoms with van der Waals surface area (Å²) in [6.45, 7) is 15.3. The predicted molar refractivity (Wildman–Crippen MR) is 361 cm³/mol. The van der Waals surface area contributed by atoms with Gasteiger partial charge in [0.1, 0.15) is 0 Å². The molecule has 4 heterocycles. The van der Waals surface area contributed by atoms with E-state index in [2.05, 4.69) is 323 Å². The summed E-state index contributed by atoms with van der Waals surface area (Å²) in [7, 11) is 0. The van der Waals surface area contributed by atoms with Crippen molar-refractivity contribution in [3.8, 4) is 78.4 Å². The summed E-state index contributed by atoms with van der Waals surface area (Å²) in [5, 5.41) is 0. The summed E-state index contributed by atoms with van der Waals surface area (Å²) in [6, 6.07) is 99.0. The maximum absolute atomic E-state index is 5.68. The molecule has 0 bridgehead atoms. The molecule has 4 nitrogen and oxygen atoms in total. The number of benzene rings is 10. The van der Waals surface area contributed by atoms with Crippen molar-refractivity contribution >= 4 is 62.8 Å². The molecule has 10 aromatic carbocycles. The largest absolute Gasteiger partial charge is 0.310 e. The van der Waals surface area contributed by atoms with Crippen LogP contribution in [0.25, 0.3) is 84.0 Å². The molecule has 0 atom stereocenters. The van der Waals surface area contributed by atoms with E-state index in [1.54, 1.807) is 0 Å². The van der Waals surface area contributed by atoms with Crippen LogP contribution >= 0.6 is 0 Å². The van der Waals surface area contributed by atoms with Gasteiger partial charge in [-0.2, -0.15) is 0 Å². The van der Waals surface area contributed by atoms with Crippen LogP contribution in [0, 0.1) is 0 Å². The average molecular weight is 1090 g/mol. The fraction of sp³-hybridized carbons (Fsp3) is 0.0500. The summed E-state index contributed by atoms with van der Waals surface area (Å²) in [5.41, 5.74) is 27.2. The highest BCUT2D eigenvalue weighted by Crippen LogP contribution is 2.53. The van der Waals surface area contributed by atoms with Gasteiger partial charge in [0, 0.05) is 44.8 Å². The third kappa shape index (κ3) is 9.50. The number of fused-ring (bicyclic) bond motifs is 4. The van der Waals surface area contributed by atoms with Crippen LogP contribution in [0.2, 0.25) is 0 Å². The normalized spacial score (nSPS) is 12.5. The van der Waals surface area contributed by atoms with Crippen molar-refractivity contribution in [2.24, 2.45) is 0 Å². The van der Waals surface area contributed by atoms with E-state index in [0.29, 0.717) is 0 Å². The molecular weight excluding hydrogens is 1030 g/mol. The Kier molecular flexibility index (Phi) is 13.5. The van der Waals surface area contributed by atoms with E-state index >= 15 is 0 Å². The first-order valence-corrected chi connectivity index (χ1v) is 29.2. The Balaban J connectivity index is 1.20. The van der Waals surface area contributed by atoms with Gasteiger partial charge in [0.2, 0.25) is 0 Å². The van der Waals surface area contributed by atoms with Gasteiger partial charge in [-0.15, -0.1) is 0 Å². The van der Waals surface area contributed by atoms with Gasteiger partial charge in [0.25, 0.3) is 6.71 Å². The number of nitrogens with zero attached hydrogens (tertiary/aromatic N) is 4. The maximum atomic E-state index is 5.68. The molecule has 85 heavy (non-hydrogen) atoms. The third-order valence-electron chi connectivity index (χ3n) is 16.7. The molecule has 0 unspecified atom stereocenters. The lowest BCUT2D eigenvalue weighted by atomic mass is 9.32. The number of hydrogen-bond acceptors (Lipinski definition) is 4. The van der Waals surface area contributed by atoms with Crippen LogP contribution in [0.15, 0.2) is 304 Å². The van der Waals surface area contributed by atoms with Crippen molar-refractivity contribution in [1.82, 2.24) is 9.97 Å². The van der Waals surface area contributed by atoms with E-state index in [1.807, 2.05) is 12.2 Å². The predicted octanol–water partition coefficient (Wildman–Crippen LogP) is 19.3. The van der Waals surface area contributed by atoms with Crippen molar-refractivity contribution < 1.29 is 0 Å². The van der Waals surface area contributed by atoms with E-state index in [4.69, 9.17) is 9.97 Å². The fourth-order valence-electron chi connectivity index (χ4n) is 12.7. The Labute approximate surface area is 499 Å². The summed E-state index contributed by atoms with van der Waals surface area (Å²) >= 11 is 0. The minimum Gasteiger partial charge on any atom is -0.310 e. The van der Waals surface area contributed by atoms with Crippen LogP contribution in [0.4, 0.5) is 34.1 Å². The molecule has 0 spiro atoms. The Morgan fingerprint density at radius 2 is 0.788 bits per heavy atom. The van der Waals surface area contributed by atoms with Gasteiger partial charge in [0.15, 0.2) is 0 Å². The zero-order valence-corrected chi connectivity index (χ0v) is 48.0. The van der Waals surface area contributed by atoms with Crippen molar-refractivity contribution in [1.29, 1.82) is 0 Å².